The van der Waals surface area contributed by atoms with Gasteiger partial charge in [0.2, 0.25) is 0 Å². The van der Waals surface area contributed by atoms with Gasteiger partial charge in [-0.25, -0.2) is 0 Å². The molecule has 0 unspecified atom stereocenters. The molecule has 1 aromatic carbocycles. The number of aryl methyl sites for hydroxylation is 1. The molecule has 2 rings (SSSR count). The van der Waals surface area contributed by atoms with E-state index in [1.807, 2.05) is 49.2 Å². The van der Waals surface area contributed by atoms with E-state index in [2.05, 4.69) is 16.3 Å². The molecule has 1 heterocycles. The van der Waals surface area contributed by atoms with Crippen molar-refractivity contribution in [2.75, 3.05) is 11.9 Å². The van der Waals surface area contributed by atoms with E-state index in [9.17, 15) is 0 Å². The van der Waals surface area contributed by atoms with Gasteiger partial charge in [-0.15, -0.1) is 5.10 Å². The molecule has 0 amide bonds. The van der Waals surface area contributed by atoms with Crippen molar-refractivity contribution in [3.8, 4) is 6.07 Å². The highest BCUT2D eigenvalue weighted by Crippen LogP contribution is 2.21. The molecule has 0 spiro atoms. The zero-order valence-corrected chi connectivity index (χ0v) is 9.75. The molecule has 0 bridgehead atoms. The van der Waals surface area contributed by atoms with Crippen LogP contribution in [0.1, 0.15) is 11.3 Å². The van der Waals surface area contributed by atoms with Gasteiger partial charge in [0.15, 0.2) is 5.82 Å². The summed E-state index contributed by atoms with van der Waals surface area (Å²) >= 11 is 0. The lowest BCUT2D eigenvalue weighted by Crippen LogP contribution is -2.12. The van der Waals surface area contributed by atoms with E-state index in [1.54, 1.807) is 6.07 Å². The van der Waals surface area contributed by atoms with Gasteiger partial charge in [-0.3, -0.25) is 0 Å². The first kappa shape index (κ1) is 11.1. The molecule has 0 fully saturated rings. The van der Waals surface area contributed by atoms with Crippen molar-refractivity contribution in [2.45, 2.75) is 6.92 Å². The van der Waals surface area contributed by atoms with Crippen LogP contribution >= 0.6 is 0 Å². The number of benzene rings is 1. The molecule has 4 heteroatoms. The fourth-order valence-electron chi connectivity index (χ4n) is 1.49. The zero-order chi connectivity index (χ0) is 12.3. The molecule has 0 saturated carbocycles. The molecule has 1 aromatic heterocycles. The molecule has 0 aliphatic rings. The normalized spacial score (nSPS) is 9.71. The van der Waals surface area contributed by atoms with Crippen LogP contribution in [0.15, 0.2) is 36.4 Å². The maximum atomic E-state index is 8.85. The highest BCUT2D eigenvalue weighted by atomic mass is 15.2. The molecule has 0 atom stereocenters. The van der Waals surface area contributed by atoms with Gasteiger partial charge in [-0.2, -0.15) is 10.4 Å². The summed E-state index contributed by atoms with van der Waals surface area (Å²) in [5, 5.41) is 17.0. The van der Waals surface area contributed by atoms with Crippen molar-refractivity contribution in [3.63, 3.8) is 0 Å². The van der Waals surface area contributed by atoms with E-state index in [0.29, 0.717) is 5.56 Å². The third kappa shape index (κ3) is 2.40. The summed E-state index contributed by atoms with van der Waals surface area (Å²) in [6.07, 6.45) is 0. The van der Waals surface area contributed by atoms with E-state index in [-0.39, 0.29) is 0 Å². The highest BCUT2D eigenvalue weighted by Gasteiger charge is 2.06. The summed E-state index contributed by atoms with van der Waals surface area (Å²) in [7, 11) is 1.90. The van der Waals surface area contributed by atoms with E-state index in [1.165, 1.54) is 0 Å². The number of hydrogen-bond donors (Lipinski definition) is 0. The number of hydrogen-bond acceptors (Lipinski definition) is 4. The largest absolute Gasteiger partial charge is 0.328 e. The summed E-state index contributed by atoms with van der Waals surface area (Å²) < 4.78 is 0. The minimum Gasteiger partial charge on any atom is -0.328 e. The first-order valence-electron chi connectivity index (χ1n) is 5.25. The lowest BCUT2D eigenvalue weighted by molar-refractivity contribution is 0.951. The topological polar surface area (TPSA) is 52.8 Å². The van der Waals surface area contributed by atoms with Gasteiger partial charge < -0.3 is 4.90 Å². The van der Waals surface area contributed by atoms with Crippen LogP contribution in [0.4, 0.5) is 11.5 Å². The third-order valence-electron chi connectivity index (χ3n) is 2.49. The number of anilines is 2. The standard InChI is InChI=1S/C13H12N4/c1-10-6-7-13(16-15-10)17(2)12-5-3-4-11(8-12)9-14/h3-8H,1-2H3. The van der Waals surface area contributed by atoms with Crippen LogP contribution < -0.4 is 4.90 Å². The van der Waals surface area contributed by atoms with Gasteiger partial charge in [-0.05, 0) is 37.3 Å². The fraction of sp³-hybridized carbons (Fsp3) is 0.154. The number of nitrogens with zero attached hydrogens (tertiary/aromatic N) is 4. The second-order valence-electron chi connectivity index (χ2n) is 3.75. The average molecular weight is 224 g/mol. The van der Waals surface area contributed by atoms with E-state index in [4.69, 9.17) is 5.26 Å². The van der Waals surface area contributed by atoms with Crippen LogP contribution in [0, 0.1) is 18.3 Å². The SMILES string of the molecule is Cc1ccc(N(C)c2cccc(C#N)c2)nn1. The Hall–Kier alpha value is -2.41. The van der Waals surface area contributed by atoms with Gasteiger partial charge in [0, 0.05) is 12.7 Å². The van der Waals surface area contributed by atoms with Crippen molar-refractivity contribution in [1.82, 2.24) is 10.2 Å². The molecular weight excluding hydrogens is 212 g/mol. The van der Waals surface area contributed by atoms with Crippen LogP contribution in [-0.2, 0) is 0 Å². The molecule has 0 saturated heterocycles. The maximum absolute atomic E-state index is 8.85. The van der Waals surface area contributed by atoms with Crippen LogP contribution in [0.5, 0.6) is 0 Å². The number of nitriles is 1. The summed E-state index contributed by atoms with van der Waals surface area (Å²) in [6, 6.07) is 13.3. The predicted octanol–water partition coefficient (Wildman–Crippen LogP) is 2.42. The molecule has 2 aromatic rings. The minimum absolute atomic E-state index is 0.634. The van der Waals surface area contributed by atoms with Crippen LogP contribution in [-0.4, -0.2) is 17.2 Å². The van der Waals surface area contributed by atoms with Gasteiger partial charge in [0.25, 0.3) is 0 Å². The molecule has 17 heavy (non-hydrogen) atoms. The summed E-state index contributed by atoms with van der Waals surface area (Å²) in [5.74, 6) is 0.755. The zero-order valence-electron chi connectivity index (χ0n) is 9.75. The van der Waals surface area contributed by atoms with Gasteiger partial charge in [0.1, 0.15) is 0 Å². The summed E-state index contributed by atoms with van der Waals surface area (Å²) in [5.41, 5.74) is 2.43. The maximum Gasteiger partial charge on any atom is 0.155 e. The lowest BCUT2D eigenvalue weighted by atomic mass is 10.2. The van der Waals surface area contributed by atoms with Gasteiger partial charge >= 0.3 is 0 Å². The van der Waals surface area contributed by atoms with E-state index >= 15 is 0 Å². The van der Waals surface area contributed by atoms with Crippen LogP contribution in [0.25, 0.3) is 0 Å². The lowest BCUT2D eigenvalue weighted by Gasteiger charge is -2.17. The highest BCUT2D eigenvalue weighted by molar-refractivity contribution is 5.60. The molecule has 0 radical (unpaired) electrons. The molecular formula is C13H12N4. The Morgan fingerprint density at radius 1 is 1.18 bits per heavy atom. The minimum atomic E-state index is 0.634. The van der Waals surface area contributed by atoms with Crippen molar-refractivity contribution >= 4 is 11.5 Å². The molecule has 0 N–H and O–H groups in total. The van der Waals surface area contributed by atoms with E-state index in [0.717, 1.165) is 17.2 Å². The van der Waals surface area contributed by atoms with E-state index < -0.39 is 0 Å². The Morgan fingerprint density at radius 2 is 2.00 bits per heavy atom. The quantitative estimate of drug-likeness (QED) is 0.786. The molecule has 0 aliphatic heterocycles. The molecule has 4 nitrogen and oxygen atoms in total. The Bertz CT molecular complexity index is 554. The summed E-state index contributed by atoms with van der Waals surface area (Å²) in [4.78, 5) is 1.90. The number of aromatic nitrogens is 2. The average Bonchev–Trinajstić information content (AvgIpc) is 2.39. The Balaban J connectivity index is 2.33. The summed E-state index contributed by atoms with van der Waals surface area (Å²) in [6.45, 7) is 1.90. The first-order valence-corrected chi connectivity index (χ1v) is 5.25. The predicted molar refractivity (Wildman–Crippen MR) is 66.0 cm³/mol. The Labute approximate surface area is 100 Å². The monoisotopic (exact) mass is 224 g/mol. The Kier molecular flexibility index (Phi) is 3.01. The first-order chi connectivity index (χ1) is 8.20. The third-order valence-corrected chi connectivity index (χ3v) is 2.49. The van der Waals surface area contributed by atoms with Crippen molar-refractivity contribution in [3.05, 3.63) is 47.7 Å². The van der Waals surface area contributed by atoms with Crippen LogP contribution in [0.3, 0.4) is 0 Å². The molecule has 84 valence electrons. The second kappa shape index (κ2) is 4.62. The Morgan fingerprint density at radius 3 is 2.65 bits per heavy atom. The van der Waals surface area contributed by atoms with Gasteiger partial charge in [0.05, 0.1) is 17.3 Å². The fourth-order valence-corrected chi connectivity index (χ4v) is 1.49. The van der Waals surface area contributed by atoms with Crippen molar-refractivity contribution in [1.29, 1.82) is 5.26 Å². The van der Waals surface area contributed by atoms with Crippen molar-refractivity contribution in [2.24, 2.45) is 0 Å². The molecule has 0 aliphatic carbocycles. The number of rotatable bonds is 2. The second-order valence-corrected chi connectivity index (χ2v) is 3.75. The van der Waals surface area contributed by atoms with Crippen LogP contribution in [0.2, 0.25) is 0 Å². The van der Waals surface area contributed by atoms with Gasteiger partial charge in [-0.1, -0.05) is 6.07 Å². The smallest absolute Gasteiger partial charge is 0.155 e. The van der Waals surface area contributed by atoms with Crippen molar-refractivity contribution < 1.29 is 0 Å².